The predicted octanol–water partition coefficient (Wildman–Crippen LogP) is 3.74. The van der Waals surface area contributed by atoms with Crippen molar-refractivity contribution in [3.05, 3.63) is 63.2 Å². The van der Waals surface area contributed by atoms with Gasteiger partial charge in [0.2, 0.25) is 5.78 Å². The van der Waals surface area contributed by atoms with E-state index in [1.807, 2.05) is 6.92 Å². The van der Waals surface area contributed by atoms with Crippen LogP contribution in [-0.4, -0.2) is 36.5 Å². The van der Waals surface area contributed by atoms with E-state index in [4.69, 9.17) is 14.2 Å². The Morgan fingerprint density at radius 3 is 2.25 bits per heavy atom. The quantitative estimate of drug-likeness (QED) is 0.279. The highest BCUT2D eigenvalue weighted by Crippen LogP contribution is 2.29. The zero-order valence-electron chi connectivity index (χ0n) is 15.9. The van der Waals surface area contributed by atoms with Gasteiger partial charge in [0, 0.05) is 17.2 Å². The predicted molar refractivity (Wildman–Crippen MR) is 101 cm³/mol. The van der Waals surface area contributed by atoms with Crippen molar-refractivity contribution >= 4 is 17.4 Å². The number of benzene rings is 2. The number of carbonyl (C=O) groups is 2. The highest BCUT2D eigenvalue weighted by atomic mass is 16.6. The molecule has 0 aromatic heterocycles. The van der Waals surface area contributed by atoms with Gasteiger partial charge >= 0.3 is 5.97 Å². The monoisotopic (exact) mass is 387 g/mol. The fourth-order valence-electron chi connectivity index (χ4n) is 2.46. The molecule has 0 atom stereocenters. The number of aryl methyl sites for hydroxylation is 1. The molecule has 2 aromatic rings. The molecule has 0 radical (unpaired) electrons. The standard InChI is InChI=1S/C20H21NO7/c1-4-26-18-9-8-15(11-19(18)27-5-2)20(23)28-12-17(22)14-7-6-13(3)16(10-14)21(24)25/h6-11H,4-5,12H2,1-3H3. The molecule has 0 aliphatic rings. The Morgan fingerprint density at radius 1 is 0.964 bits per heavy atom. The molecule has 0 aliphatic carbocycles. The smallest absolute Gasteiger partial charge is 0.338 e. The van der Waals surface area contributed by atoms with Crippen LogP contribution in [0.15, 0.2) is 36.4 Å². The molecule has 0 saturated carbocycles. The first kappa shape index (κ1) is 20.9. The van der Waals surface area contributed by atoms with Gasteiger partial charge in [-0.2, -0.15) is 0 Å². The van der Waals surface area contributed by atoms with Crippen LogP contribution in [0.4, 0.5) is 5.69 Å². The number of hydrogen-bond acceptors (Lipinski definition) is 7. The van der Waals surface area contributed by atoms with Crippen LogP contribution in [0.1, 0.15) is 40.1 Å². The maximum atomic E-state index is 12.3. The van der Waals surface area contributed by atoms with E-state index in [1.54, 1.807) is 19.9 Å². The summed E-state index contributed by atoms with van der Waals surface area (Å²) in [5.41, 5.74) is 0.586. The molecule has 0 fully saturated rings. The Labute approximate surface area is 162 Å². The third kappa shape index (κ3) is 5.06. The van der Waals surface area contributed by atoms with Crippen LogP contribution < -0.4 is 9.47 Å². The van der Waals surface area contributed by atoms with Crippen molar-refractivity contribution in [1.82, 2.24) is 0 Å². The molecule has 0 amide bonds. The van der Waals surface area contributed by atoms with E-state index < -0.39 is 23.3 Å². The largest absolute Gasteiger partial charge is 0.490 e. The summed E-state index contributed by atoms with van der Waals surface area (Å²) in [5, 5.41) is 11.0. The van der Waals surface area contributed by atoms with Crippen LogP contribution >= 0.6 is 0 Å². The SMILES string of the molecule is CCOc1ccc(C(=O)OCC(=O)c2ccc(C)c([N+](=O)[O-])c2)cc1OCC. The van der Waals surface area contributed by atoms with Gasteiger partial charge in [0.15, 0.2) is 18.1 Å². The summed E-state index contributed by atoms with van der Waals surface area (Å²) in [4.78, 5) is 34.9. The van der Waals surface area contributed by atoms with E-state index in [2.05, 4.69) is 0 Å². The van der Waals surface area contributed by atoms with E-state index in [0.29, 0.717) is 30.3 Å². The van der Waals surface area contributed by atoms with Gasteiger partial charge in [-0.05, 0) is 39.0 Å². The zero-order chi connectivity index (χ0) is 20.7. The Hall–Kier alpha value is -3.42. The van der Waals surface area contributed by atoms with E-state index >= 15 is 0 Å². The van der Waals surface area contributed by atoms with Gasteiger partial charge < -0.3 is 14.2 Å². The molecule has 28 heavy (non-hydrogen) atoms. The summed E-state index contributed by atoms with van der Waals surface area (Å²) >= 11 is 0. The highest BCUT2D eigenvalue weighted by Gasteiger charge is 2.18. The summed E-state index contributed by atoms with van der Waals surface area (Å²) in [6, 6.07) is 8.71. The number of hydrogen-bond donors (Lipinski definition) is 0. The molecular weight excluding hydrogens is 366 g/mol. The van der Waals surface area contributed by atoms with Crippen LogP contribution in [0.3, 0.4) is 0 Å². The molecule has 2 rings (SSSR count). The number of rotatable bonds is 9. The molecular formula is C20H21NO7. The summed E-state index contributed by atoms with van der Waals surface area (Å²) in [6.07, 6.45) is 0. The number of esters is 1. The van der Waals surface area contributed by atoms with Crippen molar-refractivity contribution in [2.45, 2.75) is 20.8 Å². The molecule has 0 heterocycles. The lowest BCUT2D eigenvalue weighted by Gasteiger charge is -2.12. The van der Waals surface area contributed by atoms with Crippen LogP contribution in [0.2, 0.25) is 0 Å². The van der Waals surface area contributed by atoms with Crippen molar-refractivity contribution < 1.29 is 28.7 Å². The highest BCUT2D eigenvalue weighted by molar-refractivity contribution is 6.00. The van der Waals surface area contributed by atoms with Gasteiger partial charge in [-0.15, -0.1) is 0 Å². The molecule has 8 heteroatoms. The molecule has 0 N–H and O–H groups in total. The fraction of sp³-hybridized carbons (Fsp3) is 0.300. The van der Waals surface area contributed by atoms with Gasteiger partial charge in [-0.25, -0.2) is 4.79 Å². The summed E-state index contributed by atoms with van der Waals surface area (Å²) < 4.78 is 15.9. The molecule has 0 spiro atoms. The molecule has 0 aliphatic heterocycles. The van der Waals surface area contributed by atoms with Gasteiger partial charge in [0.25, 0.3) is 5.69 Å². The Kier molecular flexibility index (Phi) is 7.08. The van der Waals surface area contributed by atoms with Gasteiger partial charge in [0.1, 0.15) is 0 Å². The maximum absolute atomic E-state index is 12.3. The first-order chi connectivity index (χ1) is 13.4. The second-order valence-electron chi connectivity index (χ2n) is 5.79. The van der Waals surface area contributed by atoms with Crippen molar-refractivity contribution in [2.24, 2.45) is 0 Å². The number of Topliss-reactive ketones (excluding diaryl/α,β-unsaturated/α-hetero) is 1. The molecule has 148 valence electrons. The van der Waals surface area contributed by atoms with E-state index in [9.17, 15) is 19.7 Å². The number of ether oxygens (including phenoxy) is 3. The third-order valence-electron chi connectivity index (χ3n) is 3.84. The van der Waals surface area contributed by atoms with E-state index in [0.717, 1.165) is 0 Å². The minimum absolute atomic E-state index is 0.104. The topological polar surface area (TPSA) is 105 Å². The van der Waals surface area contributed by atoms with Crippen molar-refractivity contribution in [3.63, 3.8) is 0 Å². The van der Waals surface area contributed by atoms with Crippen LogP contribution in [-0.2, 0) is 4.74 Å². The number of nitrogens with zero attached hydrogens (tertiary/aromatic N) is 1. The first-order valence-corrected chi connectivity index (χ1v) is 8.72. The number of ketones is 1. The zero-order valence-corrected chi connectivity index (χ0v) is 15.9. The van der Waals surface area contributed by atoms with E-state index in [1.165, 1.54) is 30.3 Å². The fourth-order valence-corrected chi connectivity index (χ4v) is 2.46. The average molecular weight is 387 g/mol. The van der Waals surface area contributed by atoms with E-state index in [-0.39, 0.29) is 16.8 Å². The van der Waals surface area contributed by atoms with Gasteiger partial charge in [-0.1, -0.05) is 12.1 Å². The van der Waals surface area contributed by atoms with Gasteiger partial charge in [0.05, 0.1) is 23.7 Å². The summed E-state index contributed by atoms with van der Waals surface area (Å²) in [6.45, 7) is 5.52. The van der Waals surface area contributed by atoms with Crippen LogP contribution in [0.5, 0.6) is 11.5 Å². The summed E-state index contributed by atoms with van der Waals surface area (Å²) in [5.74, 6) is -0.338. The second-order valence-corrected chi connectivity index (χ2v) is 5.79. The molecule has 0 unspecified atom stereocenters. The molecule has 0 saturated heterocycles. The molecule has 0 bridgehead atoms. The Balaban J connectivity index is 2.09. The lowest BCUT2D eigenvalue weighted by atomic mass is 10.1. The van der Waals surface area contributed by atoms with Crippen LogP contribution in [0.25, 0.3) is 0 Å². The van der Waals surface area contributed by atoms with Crippen molar-refractivity contribution in [2.75, 3.05) is 19.8 Å². The third-order valence-corrected chi connectivity index (χ3v) is 3.84. The number of nitro benzene ring substituents is 1. The van der Waals surface area contributed by atoms with Crippen LogP contribution in [0, 0.1) is 17.0 Å². The van der Waals surface area contributed by atoms with Crippen molar-refractivity contribution in [3.8, 4) is 11.5 Å². The molecule has 8 nitrogen and oxygen atoms in total. The average Bonchev–Trinajstić information content (AvgIpc) is 2.67. The summed E-state index contributed by atoms with van der Waals surface area (Å²) in [7, 11) is 0. The number of nitro groups is 1. The van der Waals surface area contributed by atoms with Crippen molar-refractivity contribution in [1.29, 1.82) is 0 Å². The minimum Gasteiger partial charge on any atom is -0.490 e. The Bertz CT molecular complexity index is 892. The second kappa shape index (κ2) is 9.50. The van der Waals surface area contributed by atoms with Gasteiger partial charge in [-0.3, -0.25) is 14.9 Å². The normalized spacial score (nSPS) is 10.2. The number of carbonyl (C=O) groups excluding carboxylic acids is 2. The lowest BCUT2D eigenvalue weighted by Crippen LogP contribution is -2.15. The minimum atomic E-state index is -0.709. The first-order valence-electron chi connectivity index (χ1n) is 8.72. The molecule has 2 aromatic carbocycles. The lowest BCUT2D eigenvalue weighted by molar-refractivity contribution is -0.385. The maximum Gasteiger partial charge on any atom is 0.338 e. The Morgan fingerprint density at radius 2 is 1.61 bits per heavy atom.